The molecule has 0 saturated heterocycles. The highest BCUT2D eigenvalue weighted by atomic mass is 16.5. The highest BCUT2D eigenvalue weighted by Crippen LogP contribution is 2.18. The van der Waals surface area contributed by atoms with Gasteiger partial charge in [0.2, 0.25) is 0 Å². The first-order valence-corrected chi connectivity index (χ1v) is 6.92. The molecular weight excluding hydrogens is 280 g/mol. The Morgan fingerprint density at radius 2 is 1.45 bits per heavy atom. The Hall–Kier alpha value is -2.88. The molecule has 2 rings (SSSR count). The van der Waals surface area contributed by atoms with Crippen molar-refractivity contribution in [3.63, 3.8) is 0 Å². The zero-order valence-corrected chi connectivity index (χ0v) is 12.2. The molecule has 0 aliphatic carbocycles. The summed E-state index contributed by atoms with van der Waals surface area (Å²) >= 11 is 0. The summed E-state index contributed by atoms with van der Waals surface area (Å²) in [6.07, 6.45) is 1.18. The Labute approximate surface area is 129 Å². The number of carbonyl (C=O) groups is 2. The van der Waals surface area contributed by atoms with E-state index in [9.17, 15) is 9.59 Å². The van der Waals surface area contributed by atoms with E-state index >= 15 is 0 Å². The van der Waals surface area contributed by atoms with Crippen LogP contribution in [0.5, 0.6) is 0 Å². The SMILES string of the molecule is CCOC(=O)/C=C(\OC(=O)c1ccccc1)c1ccccc1. The van der Waals surface area contributed by atoms with E-state index in [1.54, 1.807) is 55.5 Å². The number of esters is 2. The molecule has 22 heavy (non-hydrogen) atoms. The average molecular weight is 296 g/mol. The van der Waals surface area contributed by atoms with Gasteiger partial charge in [-0.1, -0.05) is 48.5 Å². The molecule has 0 saturated carbocycles. The molecule has 2 aromatic rings. The third-order valence-electron chi connectivity index (χ3n) is 2.81. The molecule has 4 heteroatoms. The maximum atomic E-state index is 12.2. The van der Waals surface area contributed by atoms with Crippen molar-refractivity contribution in [3.8, 4) is 0 Å². The predicted molar refractivity (Wildman–Crippen MR) is 82.9 cm³/mol. The Morgan fingerprint density at radius 1 is 0.909 bits per heavy atom. The van der Waals surface area contributed by atoms with Gasteiger partial charge in [-0.25, -0.2) is 9.59 Å². The molecule has 0 atom stereocenters. The first kappa shape index (κ1) is 15.5. The van der Waals surface area contributed by atoms with Gasteiger partial charge in [0, 0.05) is 5.56 Å². The van der Waals surface area contributed by atoms with E-state index in [2.05, 4.69) is 0 Å². The van der Waals surface area contributed by atoms with E-state index < -0.39 is 11.9 Å². The van der Waals surface area contributed by atoms with Crippen molar-refractivity contribution in [1.29, 1.82) is 0 Å². The molecule has 4 nitrogen and oxygen atoms in total. The van der Waals surface area contributed by atoms with Gasteiger partial charge >= 0.3 is 11.9 Å². The molecule has 0 unspecified atom stereocenters. The van der Waals surface area contributed by atoms with Gasteiger partial charge in [0.25, 0.3) is 0 Å². The van der Waals surface area contributed by atoms with Gasteiger partial charge in [-0.3, -0.25) is 0 Å². The van der Waals surface area contributed by atoms with Crippen LogP contribution in [0.2, 0.25) is 0 Å². The lowest BCUT2D eigenvalue weighted by atomic mass is 10.1. The molecule has 0 fully saturated rings. The summed E-state index contributed by atoms with van der Waals surface area (Å²) in [7, 11) is 0. The van der Waals surface area contributed by atoms with Crippen molar-refractivity contribution in [1.82, 2.24) is 0 Å². The van der Waals surface area contributed by atoms with E-state index in [1.807, 2.05) is 12.1 Å². The van der Waals surface area contributed by atoms with Crippen molar-refractivity contribution in [2.45, 2.75) is 6.92 Å². The second-order valence-corrected chi connectivity index (χ2v) is 4.38. The van der Waals surface area contributed by atoms with Crippen LogP contribution in [0.1, 0.15) is 22.8 Å². The fraction of sp³-hybridized carbons (Fsp3) is 0.111. The number of carbonyl (C=O) groups excluding carboxylic acids is 2. The summed E-state index contributed by atoms with van der Waals surface area (Å²) in [6.45, 7) is 1.97. The van der Waals surface area contributed by atoms with Crippen LogP contribution < -0.4 is 0 Å². The van der Waals surface area contributed by atoms with Gasteiger partial charge in [-0.2, -0.15) is 0 Å². The van der Waals surface area contributed by atoms with Crippen LogP contribution in [0.4, 0.5) is 0 Å². The van der Waals surface area contributed by atoms with Gasteiger partial charge < -0.3 is 9.47 Å². The van der Waals surface area contributed by atoms with Crippen molar-refractivity contribution >= 4 is 17.7 Å². The molecule has 0 amide bonds. The second kappa shape index (κ2) is 7.78. The fourth-order valence-corrected chi connectivity index (χ4v) is 1.80. The summed E-state index contributed by atoms with van der Waals surface area (Å²) in [5.74, 6) is -0.921. The summed E-state index contributed by atoms with van der Waals surface area (Å²) in [5, 5.41) is 0. The van der Waals surface area contributed by atoms with Gasteiger partial charge in [0.1, 0.15) is 5.76 Å². The van der Waals surface area contributed by atoms with E-state index in [0.29, 0.717) is 11.1 Å². The van der Waals surface area contributed by atoms with E-state index in [0.717, 1.165) is 0 Å². The minimum atomic E-state index is -0.554. The largest absolute Gasteiger partial charge is 0.463 e. The van der Waals surface area contributed by atoms with Gasteiger partial charge in [0.05, 0.1) is 18.2 Å². The van der Waals surface area contributed by atoms with Crippen molar-refractivity contribution in [2.24, 2.45) is 0 Å². The van der Waals surface area contributed by atoms with Crippen LogP contribution in [-0.4, -0.2) is 18.5 Å². The van der Waals surface area contributed by atoms with Gasteiger partial charge in [-0.15, -0.1) is 0 Å². The van der Waals surface area contributed by atoms with E-state index in [4.69, 9.17) is 9.47 Å². The van der Waals surface area contributed by atoms with Crippen molar-refractivity contribution < 1.29 is 19.1 Å². The monoisotopic (exact) mass is 296 g/mol. The van der Waals surface area contributed by atoms with Crippen molar-refractivity contribution in [2.75, 3.05) is 6.61 Å². The summed E-state index contributed by atoms with van der Waals surface area (Å²) in [5.41, 5.74) is 1.04. The molecule has 0 heterocycles. The quantitative estimate of drug-likeness (QED) is 0.482. The Morgan fingerprint density at radius 3 is 2.00 bits per heavy atom. The lowest BCUT2D eigenvalue weighted by molar-refractivity contribution is -0.137. The average Bonchev–Trinajstić information content (AvgIpc) is 2.56. The summed E-state index contributed by atoms with van der Waals surface area (Å²) in [4.78, 5) is 23.8. The van der Waals surface area contributed by atoms with Gasteiger partial charge in [-0.05, 0) is 19.1 Å². The third-order valence-corrected chi connectivity index (χ3v) is 2.81. The zero-order valence-electron chi connectivity index (χ0n) is 12.2. The molecule has 2 aromatic carbocycles. The topological polar surface area (TPSA) is 52.6 Å². The lowest BCUT2D eigenvalue weighted by Crippen LogP contribution is -2.07. The molecule has 0 aromatic heterocycles. The Kier molecular flexibility index (Phi) is 5.49. The Bertz CT molecular complexity index is 660. The molecule has 0 spiro atoms. The van der Waals surface area contributed by atoms with E-state index in [1.165, 1.54) is 6.08 Å². The van der Waals surface area contributed by atoms with Crippen LogP contribution in [0, 0.1) is 0 Å². The highest BCUT2D eigenvalue weighted by Gasteiger charge is 2.13. The number of benzene rings is 2. The fourth-order valence-electron chi connectivity index (χ4n) is 1.80. The first-order valence-electron chi connectivity index (χ1n) is 6.92. The molecule has 0 aliphatic rings. The maximum absolute atomic E-state index is 12.2. The van der Waals surface area contributed by atoms with Crippen molar-refractivity contribution in [3.05, 3.63) is 77.9 Å². The summed E-state index contributed by atoms with van der Waals surface area (Å²) < 4.78 is 10.2. The molecule has 112 valence electrons. The normalized spacial score (nSPS) is 10.9. The number of rotatable bonds is 5. The first-order chi connectivity index (χ1) is 10.7. The number of hydrogen-bond donors (Lipinski definition) is 0. The molecule has 0 bridgehead atoms. The summed E-state index contributed by atoms with van der Waals surface area (Å²) in [6, 6.07) is 17.5. The minimum absolute atomic E-state index is 0.160. The highest BCUT2D eigenvalue weighted by molar-refractivity contribution is 5.96. The maximum Gasteiger partial charge on any atom is 0.343 e. The van der Waals surface area contributed by atoms with Crippen LogP contribution in [-0.2, 0) is 14.3 Å². The third kappa shape index (κ3) is 4.31. The Balaban J connectivity index is 2.25. The van der Waals surface area contributed by atoms with E-state index in [-0.39, 0.29) is 12.4 Å². The molecular formula is C18H16O4. The van der Waals surface area contributed by atoms with Gasteiger partial charge in [0.15, 0.2) is 0 Å². The van der Waals surface area contributed by atoms with Crippen LogP contribution >= 0.6 is 0 Å². The number of ether oxygens (including phenoxy) is 2. The molecule has 0 aliphatic heterocycles. The predicted octanol–water partition coefficient (Wildman–Crippen LogP) is 3.45. The minimum Gasteiger partial charge on any atom is -0.463 e. The zero-order chi connectivity index (χ0) is 15.8. The lowest BCUT2D eigenvalue weighted by Gasteiger charge is -2.09. The van der Waals surface area contributed by atoms with Crippen LogP contribution in [0.25, 0.3) is 5.76 Å². The molecule has 0 N–H and O–H groups in total. The standard InChI is InChI=1S/C18H16O4/c1-2-21-17(19)13-16(14-9-5-3-6-10-14)22-18(20)15-11-7-4-8-12-15/h3-13H,2H2,1H3/b16-13-. The number of hydrogen-bond acceptors (Lipinski definition) is 4. The van der Waals surface area contributed by atoms with Crippen LogP contribution in [0.15, 0.2) is 66.7 Å². The smallest absolute Gasteiger partial charge is 0.343 e. The second-order valence-electron chi connectivity index (χ2n) is 4.38. The molecule has 0 radical (unpaired) electrons. The van der Waals surface area contributed by atoms with Crippen LogP contribution in [0.3, 0.4) is 0 Å².